The normalized spacial score (nSPS) is 26.0. The molecule has 2 aliphatic heterocycles. The standard InChI is InChI=1S/C27H33NO6/c1-28(20-7-8-21(28)16-23(15-20)34-27(31)11-10-26(29)30)12-4-5-18-13-19-6-9-22(32-2)17-24(19)25(14-18)33-3/h4,6,9,12-14,17,20-21,23H,5,7-8,10-11,15-16H2,1-3H3/p+1/t20-,21+,23?,28?. The van der Waals surface area contributed by atoms with Gasteiger partial charge in [-0.05, 0) is 41.6 Å². The monoisotopic (exact) mass is 468 g/mol. The molecule has 2 fully saturated rings. The number of benzene rings is 2. The Labute approximate surface area is 200 Å². The van der Waals surface area contributed by atoms with E-state index in [1.807, 2.05) is 12.1 Å². The van der Waals surface area contributed by atoms with Gasteiger partial charge in [0, 0.05) is 31.1 Å². The molecule has 0 radical (unpaired) electrons. The van der Waals surface area contributed by atoms with Gasteiger partial charge in [-0.15, -0.1) is 0 Å². The maximum atomic E-state index is 12.0. The number of aliphatic carboxylic acids is 1. The quantitative estimate of drug-likeness (QED) is 0.432. The SMILES string of the molecule is COc1ccc2cc(CC=C[N+]3(C)[C@@H]4CC[C@H]3CC(OC(=O)CCC(=O)O)C4)cc(OC)c2c1. The molecule has 2 aromatic carbocycles. The summed E-state index contributed by atoms with van der Waals surface area (Å²) < 4.78 is 17.5. The van der Waals surface area contributed by atoms with Gasteiger partial charge in [0.2, 0.25) is 0 Å². The molecule has 182 valence electrons. The van der Waals surface area contributed by atoms with Gasteiger partial charge < -0.3 is 19.3 Å². The van der Waals surface area contributed by atoms with Crippen molar-refractivity contribution in [1.82, 2.24) is 0 Å². The van der Waals surface area contributed by atoms with Crippen molar-refractivity contribution in [2.75, 3.05) is 21.3 Å². The summed E-state index contributed by atoms with van der Waals surface area (Å²) in [6.45, 7) is 0. The molecule has 34 heavy (non-hydrogen) atoms. The summed E-state index contributed by atoms with van der Waals surface area (Å²) in [6.07, 6.45) is 8.88. The number of carbonyl (C=O) groups excluding carboxylic acids is 1. The summed E-state index contributed by atoms with van der Waals surface area (Å²) >= 11 is 0. The fraction of sp³-hybridized carbons (Fsp3) is 0.481. The average Bonchev–Trinajstić information content (AvgIpc) is 2.98. The molecule has 2 bridgehead atoms. The highest BCUT2D eigenvalue weighted by molar-refractivity contribution is 5.90. The Morgan fingerprint density at radius 2 is 1.79 bits per heavy atom. The van der Waals surface area contributed by atoms with Crippen molar-refractivity contribution in [3.8, 4) is 11.5 Å². The second kappa shape index (κ2) is 10.1. The average molecular weight is 469 g/mol. The largest absolute Gasteiger partial charge is 0.497 e. The number of carboxylic acids is 1. The van der Waals surface area contributed by atoms with Gasteiger partial charge in [0.15, 0.2) is 0 Å². The molecular weight excluding hydrogens is 434 g/mol. The minimum Gasteiger partial charge on any atom is -0.497 e. The van der Waals surface area contributed by atoms with Crippen LogP contribution in [0.3, 0.4) is 0 Å². The first-order valence-corrected chi connectivity index (χ1v) is 11.9. The van der Waals surface area contributed by atoms with E-state index in [2.05, 4.69) is 37.5 Å². The second-order valence-corrected chi connectivity index (χ2v) is 9.56. The Morgan fingerprint density at radius 1 is 1.06 bits per heavy atom. The van der Waals surface area contributed by atoms with E-state index < -0.39 is 11.9 Å². The van der Waals surface area contributed by atoms with Gasteiger partial charge in [0.1, 0.15) is 17.6 Å². The number of carbonyl (C=O) groups is 2. The van der Waals surface area contributed by atoms with Gasteiger partial charge >= 0.3 is 11.9 Å². The number of hydrogen-bond donors (Lipinski definition) is 1. The molecule has 0 aliphatic carbocycles. The van der Waals surface area contributed by atoms with Gasteiger partial charge in [-0.2, -0.15) is 0 Å². The zero-order chi connectivity index (χ0) is 24.3. The molecule has 1 N–H and O–H groups in total. The first-order chi connectivity index (χ1) is 16.3. The Morgan fingerprint density at radius 3 is 2.44 bits per heavy atom. The van der Waals surface area contributed by atoms with Crippen LogP contribution in [-0.2, 0) is 20.7 Å². The topological polar surface area (TPSA) is 82.1 Å². The highest BCUT2D eigenvalue weighted by Crippen LogP contribution is 2.43. The highest BCUT2D eigenvalue weighted by Gasteiger charge is 2.51. The van der Waals surface area contributed by atoms with Crippen molar-refractivity contribution < 1.29 is 33.4 Å². The summed E-state index contributed by atoms with van der Waals surface area (Å²) in [4.78, 5) is 22.7. The van der Waals surface area contributed by atoms with Crippen LogP contribution in [0.5, 0.6) is 11.5 Å². The van der Waals surface area contributed by atoms with Gasteiger partial charge in [-0.25, -0.2) is 0 Å². The number of methoxy groups -OCH3 is 2. The van der Waals surface area contributed by atoms with Crippen molar-refractivity contribution in [3.63, 3.8) is 0 Å². The number of carboxylic acid groups (broad SMARTS) is 1. The molecule has 0 aromatic heterocycles. The van der Waals surface area contributed by atoms with Crippen LogP contribution in [0.15, 0.2) is 42.6 Å². The van der Waals surface area contributed by atoms with Crippen LogP contribution in [0.2, 0.25) is 0 Å². The Kier molecular flexibility index (Phi) is 7.12. The summed E-state index contributed by atoms with van der Waals surface area (Å²) in [7, 11) is 5.63. The molecular formula is C27H34NO6+. The Bertz CT molecular complexity index is 1080. The molecule has 4 atom stereocenters. The van der Waals surface area contributed by atoms with Crippen molar-refractivity contribution in [3.05, 3.63) is 48.2 Å². The van der Waals surface area contributed by atoms with E-state index in [0.717, 1.165) is 58.9 Å². The number of rotatable bonds is 9. The van der Waals surface area contributed by atoms with E-state index in [-0.39, 0.29) is 18.9 Å². The van der Waals surface area contributed by atoms with Gasteiger partial charge in [0.05, 0.1) is 52.4 Å². The molecule has 4 rings (SSSR count). The van der Waals surface area contributed by atoms with E-state index in [9.17, 15) is 9.59 Å². The number of ether oxygens (including phenoxy) is 3. The molecule has 7 nitrogen and oxygen atoms in total. The summed E-state index contributed by atoms with van der Waals surface area (Å²) in [5, 5.41) is 10.9. The van der Waals surface area contributed by atoms with E-state index in [0.29, 0.717) is 12.1 Å². The third-order valence-corrected chi connectivity index (χ3v) is 7.50. The molecule has 0 saturated carbocycles. The fourth-order valence-corrected chi connectivity index (χ4v) is 5.62. The Balaban J connectivity index is 1.42. The van der Waals surface area contributed by atoms with Crippen LogP contribution in [0.1, 0.15) is 44.1 Å². The van der Waals surface area contributed by atoms with Crippen LogP contribution in [-0.4, -0.2) is 61.0 Å². The lowest BCUT2D eigenvalue weighted by Crippen LogP contribution is -2.55. The van der Waals surface area contributed by atoms with E-state index in [1.54, 1.807) is 14.2 Å². The molecule has 2 unspecified atom stereocenters. The minimum absolute atomic E-state index is 0.0603. The molecule has 2 aromatic rings. The minimum atomic E-state index is -0.973. The van der Waals surface area contributed by atoms with Crippen LogP contribution >= 0.6 is 0 Å². The first kappa shape index (κ1) is 24.1. The summed E-state index contributed by atoms with van der Waals surface area (Å²) in [5.74, 6) is 0.272. The van der Waals surface area contributed by atoms with E-state index >= 15 is 0 Å². The van der Waals surface area contributed by atoms with Crippen LogP contribution in [0, 0.1) is 0 Å². The number of piperidine rings is 1. The van der Waals surface area contributed by atoms with E-state index in [1.165, 1.54) is 5.56 Å². The molecule has 2 heterocycles. The fourth-order valence-electron chi connectivity index (χ4n) is 5.62. The van der Waals surface area contributed by atoms with Crippen LogP contribution in [0.25, 0.3) is 10.8 Å². The first-order valence-electron chi connectivity index (χ1n) is 11.9. The summed E-state index contributed by atoms with van der Waals surface area (Å²) in [6, 6.07) is 11.1. The Hall–Kier alpha value is -3.06. The molecule has 7 heteroatoms. The smallest absolute Gasteiger partial charge is 0.306 e. The predicted octanol–water partition coefficient (Wildman–Crippen LogP) is 4.46. The zero-order valence-corrected chi connectivity index (χ0v) is 20.2. The van der Waals surface area contributed by atoms with Crippen LogP contribution in [0.4, 0.5) is 0 Å². The molecule has 0 spiro atoms. The number of allylic oxidation sites excluding steroid dienone is 1. The maximum Gasteiger partial charge on any atom is 0.306 e. The van der Waals surface area contributed by atoms with Crippen molar-refractivity contribution in [1.29, 1.82) is 0 Å². The van der Waals surface area contributed by atoms with Gasteiger partial charge in [-0.1, -0.05) is 12.1 Å². The number of hydrogen-bond acceptors (Lipinski definition) is 5. The van der Waals surface area contributed by atoms with Crippen molar-refractivity contribution in [2.24, 2.45) is 0 Å². The number of quaternary nitrogens is 1. The number of fused-ring (bicyclic) bond motifs is 3. The van der Waals surface area contributed by atoms with Gasteiger partial charge in [-0.3, -0.25) is 14.1 Å². The number of nitrogens with zero attached hydrogens (tertiary/aromatic N) is 1. The molecule has 2 aliphatic rings. The predicted molar refractivity (Wildman–Crippen MR) is 129 cm³/mol. The van der Waals surface area contributed by atoms with Gasteiger partial charge in [0.25, 0.3) is 0 Å². The zero-order valence-electron chi connectivity index (χ0n) is 20.2. The van der Waals surface area contributed by atoms with Crippen molar-refractivity contribution >= 4 is 22.7 Å². The second-order valence-electron chi connectivity index (χ2n) is 9.56. The third-order valence-electron chi connectivity index (χ3n) is 7.50. The van der Waals surface area contributed by atoms with Crippen molar-refractivity contribution in [2.45, 2.75) is 63.1 Å². The van der Waals surface area contributed by atoms with E-state index in [4.69, 9.17) is 19.3 Å². The summed E-state index contributed by atoms with van der Waals surface area (Å²) in [5.41, 5.74) is 1.19. The maximum absolute atomic E-state index is 12.0. The number of esters is 1. The lowest BCUT2D eigenvalue weighted by Gasteiger charge is -2.44. The van der Waals surface area contributed by atoms with Crippen LogP contribution < -0.4 is 9.47 Å². The highest BCUT2D eigenvalue weighted by atomic mass is 16.5. The lowest BCUT2D eigenvalue weighted by atomic mass is 9.97. The molecule has 0 amide bonds. The molecule has 2 saturated heterocycles. The third kappa shape index (κ3) is 5.04. The lowest BCUT2D eigenvalue weighted by molar-refractivity contribution is -0.902.